The van der Waals surface area contributed by atoms with Crippen molar-refractivity contribution < 1.29 is 9.90 Å². The van der Waals surface area contributed by atoms with E-state index in [0.29, 0.717) is 5.56 Å². The maximum absolute atomic E-state index is 11.3. The van der Waals surface area contributed by atoms with E-state index in [9.17, 15) is 9.90 Å². The standard InChI is InChI=1S/C22H19NO2/c24-22(25)19-12-13-21-18(14-19)11-10-17-8-4-5-9-20(17)23(21)15-16-6-2-1-3-7-16/h1-9,12-14H,10-11,15H2,(H,24,25). The van der Waals surface area contributed by atoms with E-state index in [-0.39, 0.29) is 0 Å². The molecule has 0 radical (unpaired) electrons. The monoisotopic (exact) mass is 329 g/mol. The zero-order chi connectivity index (χ0) is 17.2. The Morgan fingerprint density at radius 1 is 0.840 bits per heavy atom. The minimum absolute atomic E-state index is 0.351. The Hall–Kier alpha value is -3.07. The molecule has 0 amide bonds. The number of carboxylic acid groups (broad SMARTS) is 1. The first-order valence-electron chi connectivity index (χ1n) is 8.48. The van der Waals surface area contributed by atoms with Gasteiger partial charge >= 0.3 is 5.97 Å². The van der Waals surface area contributed by atoms with E-state index >= 15 is 0 Å². The molecule has 0 atom stereocenters. The Bertz CT molecular complexity index is 918. The van der Waals surface area contributed by atoms with Crippen LogP contribution in [-0.4, -0.2) is 11.1 Å². The summed E-state index contributed by atoms with van der Waals surface area (Å²) in [7, 11) is 0. The molecule has 1 aliphatic rings. The lowest BCUT2D eigenvalue weighted by Crippen LogP contribution is -2.18. The van der Waals surface area contributed by atoms with Crippen LogP contribution < -0.4 is 4.90 Å². The molecule has 3 heteroatoms. The highest BCUT2D eigenvalue weighted by molar-refractivity contribution is 5.89. The van der Waals surface area contributed by atoms with Crippen molar-refractivity contribution in [2.45, 2.75) is 19.4 Å². The van der Waals surface area contributed by atoms with Crippen molar-refractivity contribution in [3.05, 3.63) is 95.1 Å². The number of carbonyl (C=O) groups is 1. The molecule has 25 heavy (non-hydrogen) atoms. The van der Waals surface area contributed by atoms with Crippen molar-refractivity contribution in [3.8, 4) is 0 Å². The van der Waals surface area contributed by atoms with Crippen LogP contribution in [0.15, 0.2) is 72.8 Å². The van der Waals surface area contributed by atoms with Gasteiger partial charge in [-0.3, -0.25) is 0 Å². The number of carboxylic acids is 1. The zero-order valence-electron chi connectivity index (χ0n) is 13.9. The van der Waals surface area contributed by atoms with Gasteiger partial charge in [0.1, 0.15) is 0 Å². The number of nitrogens with zero attached hydrogens (tertiary/aromatic N) is 1. The van der Waals surface area contributed by atoms with Crippen molar-refractivity contribution in [2.75, 3.05) is 4.90 Å². The van der Waals surface area contributed by atoms with Crippen LogP contribution in [0.4, 0.5) is 11.4 Å². The zero-order valence-corrected chi connectivity index (χ0v) is 13.9. The van der Waals surface area contributed by atoms with Crippen LogP contribution in [0.25, 0.3) is 0 Å². The fraction of sp³-hybridized carbons (Fsp3) is 0.136. The Morgan fingerprint density at radius 3 is 2.32 bits per heavy atom. The molecule has 3 nitrogen and oxygen atoms in total. The van der Waals surface area contributed by atoms with Gasteiger partial charge < -0.3 is 10.0 Å². The van der Waals surface area contributed by atoms with E-state index in [1.165, 1.54) is 16.8 Å². The van der Waals surface area contributed by atoms with Crippen LogP contribution in [-0.2, 0) is 19.4 Å². The normalized spacial score (nSPS) is 12.9. The minimum Gasteiger partial charge on any atom is -0.478 e. The first kappa shape index (κ1) is 15.5. The summed E-state index contributed by atoms with van der Waals surface area (Å²) in [6, 6.07) is 24.3. The molecule has 0 aromatic heterocycles. The molecule has 124 valence electrons. The van der Waals surface area contributed by atoms with E-state index in [1.54, 1.807) is 6.07 Å². The second-order valence-electron chi connectivity index (χ2n) is 6.35. The molecule has 0 fully saturated rings. The molecule has 0 saturated carbocycles. The van der Waals surface area contributed by atoms with Gasteiger partial charge in [-0.15, -0.1) is 0 Å². The number of aryl methyl sites for hydroxylation is 2. The number of rotatable bonds is 3. The number of hydrogen-bond donors (Lipinski definition) is 1. The smallest absolute Gasteiger partial charge is 0.335 e. The van der Waals surface area contributed by atoms with E-state index in [1.807, 2.05) is 30.3 Å². The van der Waals surface area contributed by atoms with Gasteiger partial charge in [-0.2, -0.15) is 0 Å². The summed E-state index contributed by atoms with van der Waals surface area (Å²) in [5.74, 6) is -0.876. The Morgan fingerprint density at radius 2 is 1.52 bits per heavy atom. The van der Waals surface area contributed by atoms with Gasteiger partial charge in [0.05, 0.1) is 5.56 Å². The lowest BCUT2D eigenvalue weighted by atomic mass is 10.0. The van der Waals surface area contributed by atoms with E-state index < -0.39 is 5.97 Å². The molecule has 0 bridgehead atoms. The second-order valence-corrected chi connectivity index (χ2v) is 6.35. The molecule has 3 aromatic rings. The topological polar surface area (TPSA) is 40.5 Å². The summed E-state index contributed by atoms with van der Waals surface area (Å²) in [6.45, 7) is 0.761. The molecule has 1 aliphatic heterocycles. The van der Waals surface area contributed by atoms with Gasteiger partial charge in [-0.1, -0.05) is 48.5 Å². The third-order valence-corrected chi connectivity index (χ3v) is 4.75. The third-order valence-electron chi connectivity index (χ3n) is 4.75. The summed E-state index contributed by atoms with van der Waals surface area (Å²) in [5, 5.41) is 9.32. The second kappa shape index (κ2) is 6.44. The van der Waals surface area contributed by atoms with Crippen LogP contribution in [0.5, 0.6) is 0 Å². The fourth-order valence-electron chi connectivity index (χ4n) is 3.50. The third kappa shape index (κ3) is 3.01. The SMILES string of the molecule is O=C(O)c1ccc2c(c1)CCc1ccccc1N2Cc1ccccc1. The van der Waals surface area contributed by atoms with Crippen molar-refractivity contribution in [3.63, 3.8) is 0 Å². The van der Waals surface area contributed by atoms with Crippen molar-refractivity contribution >= 4 is 17.3 Å². The van der Waals surface area contributed by atoms with Gasteiger partial charge in [0.25, 0.3) is 0 Å². The first-order valence-corrected chi connectivity index (χ1v) is 8.48. The van der Waals surface area contributed by atoms with Crippen molar-refractivity contribution in [1.29, 1.82) is 0 Å². The highest BCUT2D eigenvalue weighted by atomic mass is 16.4. The highest BCUT2D eigenvalue weighted by Crippen LogP contribution is 2.37. The lowest BCUT2D eigenvalue weighted by Gasteiger charge is -2.27. The Balaban J connectivity index is 1.84. The van der Waals surface area contributed by atoms with Gasteiger partial charge in [-0.25, -0.2) is 4.79 Å². The van der Waals surface area contributed by atoms with Crippen LogP contribution in [0.3, 0.4) is 0 Å². The molecule has 0 spiro atoms. The molecule has 0 saturated heterocycles. The molecule has 1 heterocycles. The molecule has 3 aromatic carbocycles. The summed E-state index contributed by atoms with van der Waals surface area (Å²) in [4.78, 5) is 13.7. The van der Waals surface area contributed by atoms with E-state index in [2.05, 4.69) is 41.3 Å². The summed E-state index contributed by atoms with van der Waals surface area (Å²) < 4.78 is 0. The molecular weight excluding hydrogens is 310 g/mol. The average molecular weight is 329 g/mol. The number of anilines is 2. The van der Waals surface area contributed by atoms with Gasteiger partial charge in [-0.05, 0) is 53.8 Å². The van der Waals surface area contributed by atoms with Gasteiger partial charge in [0, 0.05) is 17.9 Å². The van der Waals surface area contributed by atoms with Gasteiger partial charge in [0.15, 0.2) is 0 Å². The maximum atomic E-state index is 11.3. The Labute approximate surface area is 147 Å². The van der Waals surface area contributed by atoms with Gasteiger partial charge in [0.2, 0.25) is 0 Å². The number of benzene rings is 3. The number of para-hydroxylation sites is 1. The lowest BCUT2D eigenvalue weighted by molar-refractivity contribution is 0.0697. The first-order chi connectivity index (χ1) is 12.2. The Kier molecular flexibility index (Phi) is 3.98. The maximum Gasteiger partial charge on any atom is 0.335 e. The largest absolute Gasteiger partial charge is 0.478 e. The van der Waals surface area contributed by atoms with E-state index in [4.69, 9.17) is 0 Å². The number of fused-ring (bicyclic) bond motifs is 2. The number of hydrogen-bond acceptors (Lipinski definition) is 2. The average Bonchev–Trinajstić information content (AvgIpc) is 2.80. The summed E-state index contributed by atoms with van der Waals surface area (Å²) in [5.41, 5.74) is 6.27. The molecule has 4 rings (SSSR count). The molecular formula is C22H19NO2. The van der Waals surface area contributed by atoms with E-state index in [0.717, 1.165) is 30.6 Å². The predicted molar refractivity (Wildman–Crippen MR) is 99.5 cm³/mol. The van der Waals surface area contributed by atoms with Crippen LogP contribution in [0.1, 0.15) is 27.0 Å². The molecule has 1 N–H and O–H groups in total. The quantitative estimate of drug-likeness (QED) is 0.749. The molecule has 0 unspecified atom stereocenters. The van der Waals surface area contributed by atoms with Crippen molar-refractivity contribution in [2.24, 2.45) is 0 Å². The highest BCUT2D eigenvalue weighted by Gasteiger charge is 2.21. The molecule has 0 aliphatic carbocycles. The predicted octanol–water partition coefficient (Wildman–Crippen LogP) is 4.82. The summed E-state index contributed by atoms with van der Waals surface area (Å²) in [6.07, 6.45) is 1.76. The minimum atomic E-state index is -0.876. The van der Waals surface area contributed by atoms with Crippen LogP contribution in [0.2, 0.25) is 0 Å². The van der Waals surface area contributed by atoms with Crippen molar-refractivity contribution in [1.82, 2.24) is 0 Å². The van der Waals surface area contributed by atoms with Crippen LogP contribution in [0, 0.1) is 0 Å². The fourth-order valence-corrected chi connectivity index (χ4v) is 3.50. The number of aromatic carboxylic acids is 1. The van der Waals surface area contributed by atoms with Crippen LogP contribution >= 0.6 is 0 Å². The summed E-state index contributed by atoms with van der Waals surface area (Å²) >= 11 is 0.